The minimum Gasteiger partial charge on any atom is -0.487 e. The van der Waals surface area contributed by atoms with Gasteiger partial charge in [0.15, 0.2) is 0 Å². The van der Waals surface area contributed by atoms with Crippen molar-refractivity contribution >= 4 is 23.4 Å². The summed E-state index contributed by atoms with van der Waals surface area (Å²) in [5.41, 5.74) is 2.13. The number of nitrogens with one attached hydrogen (secondary N) is 2. The van der Waals surface area contributed by atoms with E-state index in [1.807, 2.05) is 42.5 Å². The highest BCUT2D eigenvalue weighted by atomic mass is 16.6. The number of pyridine rings is 1. The summed E-state index contributed by atoms with van der Waals surface area (Å²) in [6.45, 7) is 1.08. The SMILES string of the molecule is O=C(C=Cc1ccc(OCc2ccccn2)cc1)NCCNc1ccccc1[N+](=O)[O-]. The molecule has 1 amide bonds. The molecule has 31 heavy (non-hydrogen) atoms. The number of carbonyl (C=O) groups is 1. The van der Waals surface area contributed by atoms with Crippen LogP contribution in [0.5, 0.6) is 5.75 Å². The van der Waals surface area contributed by atoms with Crippen LogP contribution in [0.2, 0.25) is 0 Å². The van der Waals surface area contributed by atoms with Crippen molar-refractivity contribution in [3.05, 3.63) is 100 Å². The van der Waals surface area contributed by atoms with Crippen molar-refractivity contribution < 1.29 is 14.5 Å². The molecule has 0 aliphatic rings. The van der Waals surface area contributed by atoms with E-state index < -0.39 is 4.92 Å². The molecule has 0 aliphatic heterocycles. The monoisotopic (exact) mass is 418 g/mol. The van der Waals surface area contributed by atoms with Crippen LogP contribution < -0.4 is 15.4 Å². The summed E-state index contributed by atoms with van der Waals surface area (Å²) in [7, 11) is 0. The number of nitro groups is 1. The van der Waals surface area contributed by atoms with Crippen LogP contribution in [-0.4, -0.2) is 28.9 Å². The molecule has 0 unspecified atom stereocenters. The van der Waals surface area contributed by atoms with Gasteiger partial charge >= 0.3 is 0 Å². The molecule has 0 saturated carbocycles. The molecule has 0 saturated heterocycles. The number of anilines is 1. The van der Waals surface area contributed by atoms with Gasteiger partial charge < -0.3 is 15.4 Å². The number of nitrogens with zero attached hydrogens (tertiary/aromatic N) is 2. The number of carbonyl (C=O) groups excluding carboxylic acids is 1. The van der Waals surface area contributed by atoms with Crippen molar-refractivity contribution in [2.45, 2.75) is 6.61 Å². The van der Waals surface area contributed by atoms with Crippen LogP contribution in [0.3, 0.4) is 0 Å². The summed E-state index contributed by atoms with van der Waals surface area (Å²) in [5, 5.41) is 16.7. The molecule has 0 atom stereocenters. The fraction of sp³-hybridized carbons (Fsp3) is 0.130. The Hall–Kier alpha value is -4.20. The van der Waals surface area contributed by atoms with Gasteiger partial charge in [-0.15, -0.1) is 0 Å². The fourth-order valence-corrected chi connectivity index (χ4v) is 2.71. The summed E-state index contributed by atoms with van der Waals surface area (Å²) in [6.07, 6.45) is 4.86. The highest BCUT2D eigenvalue weighted by molar-refractivity contribution is 5.91. The Morgan fingerprint density at radius 1 is 1.03 bits per heavy atom. The summed E-state index contributed by atoms with van der Waals surface area (Å²) in [5.74, 6) is 0.466. The Bertz CT molecular complexity index is 1040. The van der Waals surface area contributed by atoms with Crippen molar-refractivity contribution in [2.75, 3.05) is 18.4 Å². The maximum absolute atomic E-state index is 12.0. The van der Waals surface area contributed by atoms with E-state index in [2.05, 4.69) is 15.6 Å². The number of ether oxygens (including phenoxy) is 1. The Morgan fingerprint density at radius 2 is 1.81 bits per heavy atom. The Morgan fingerprint density at radius 3 is 2.55 bits per heavy atom. The normalized spacial score (nSPS) is 10.6. The van der Waals surface area contributed by atoms with E-state index in [1.54, 1.807) is 30.5 Å². The van der Waals surface area contributed by atoms with Gasteiger partial charge in [-0.05, 0) is 42.0 Å². The minimum atomic E-state index is -0.446. The largest absolute Gasteiger partial charge is 0.487 e. The molecular formula is C23H22N4O4. The molecule has 0 aliphatic carbocycles. The first kappa shape index (κ1) is 21.5. The number of rotatable bonds is 10. The second kappa shape index (κ2) is 11.1. The van der Waals surface area contributed by atoms with Crippen molar-refractivity contribution in [1.29, 1.82) is 0 Å². The number of aromatic nitrogens is 1. The third-order valence-corrected chi connectivity index (χ3v) is 4.26. The van der Waals surface area contributed by atoms with Gasteiger partial charge in [0.1, 0.15) is 18.0 Å². The molecule has 3 aromatic rings. The summed E-state index contributed by atoms with van der Waals surface area (Å²) in [6, 6.07) is 19.4. The third-order valence-electron chi connectivity index (χ3n) is 4.26. The zero-order valence-electron chi connectivity index (χ0n) is 16.7. The molecule has 0 bridgehead atoms. The Labute approximate surface area is 179 Å². The first-order valence-corrected chi connectivity index (χ1v) is 9.68. The first-order chi connectivity index (χ1) is 15.1. The molecule has 1 aromatic heterocycles. The number of hydrogen-bond donors (Lipinski definition) is 2. The van der Waals surface area contributed by atoms with Gasteiger partial charge in [-0.2, -0.15) is 0 Å². The molecule has 2 aromatic carbocycles. The third kappa shape index (κ3) is 6.97. The average molecular weight is 418 g/mol. The first-order valence-electron chi connectivity index (χ1n) is 9.68. The molecule has 2 N–H and O–H groups in total. The van der Waals surface area contributed by atoms with Crippen LogP contribution in [-0.2, 0) is 11.4 Å². The van der Waals surface area contributed by atoms with Crippen LogP contribution in [0, 0.1) is 10.1 Å². The van der Waals surface area contributed by atoms with Gasteiger partial charge in [0.2, 0.25) is 5.91 Å². The summed E-state index contributed by atoms with van der Waals surface area (Å²) in [4.78, 5) is 26.7. The number of benzene rings is 2. The van der Waals surface area contributed by atoms with Crippen molar-refractivity contribution in [3.8, 4) is 5.75 Å². The van der Waals surface area contributed by atoms with Gasteiger partial charge in [-0.1, -0.05) is 30.3 Å². The molecule has 8 heteroatoms. The standard InChI is InChI=1S/C23H22N4O4/c28-23(26-16-15-25-21-6-1-2-7-22(21)27(29)30)13-10-18-8-11-20(12-9-18)31-17-19-5-3-4-14-24-19/h1-14,25H,15-17H2,(H,26,28). The van der Waals surface area contributed by atoms with Crippen LogP contribution in [0.15, 0.2) is 79.0 Å². The molecule has 158 valence electrons. The van der Waals surface area contributed by atoms with Crippen LogP contribution in [0.1, 0.15) is 11.3 Å². The second-order valence-corrected chi connectivity index (χ2v) is 6.50. The lowest BCUT2D eigenvalue weighted by Gasteiger charge is -2.07. The topological polar surface area (TPSA) is 106 Å². The molecule has 8 nitrogen and oxygen atoms in total. The highest BCUT2D eigenvalue weighted by Gasteiger charge is 2.11. The molecule has 0 radical (unpaired) electrons. The number of para-hydroxylation sites is 2. The van der Waals surface area contributed by atoms with Gasteiger partial charge in [-0.3, -0.25) is 19.9 Å². The average Bonchev–Trinajstić information content (AvgIpc) is 2.80. The van der Waals surface area contributed by atoms with Gasteiger partial charge in [0.05, 0.1) is 10.6 Å². The maximum atomic E-state index is 12.0. The molecular weight excluding hydrogens is 396 g/mol. The second-order valence-electron chi connectivity index (χ2n) is 6.50. The lowest BCUT2D eigenvalue weighted by Crippen LogP contribution is -2.27. The van der Waals surface area contributed by atoms with Gasteiger partial charge in [0.25, 0.3) is 5.69 Å². The van der Waals surface area contributed by atoms with Crippen molar-refractivity contribution in [2.24, 2.45) is 0 Å². The van der Waals surface area contributed by atoms with Crippen LogP contribution in [0.25, 0.3) is 6.08 Å². The number of hydrogen-bond acceptors (Lipinski definition) is 6. The lowest BCUT2D eigenvalue weighted by molar-refractivity contribution is -0.384. The van der Waals surface area contributed by atoms with Crippen molar-refractivity contribution in [1.82, 2.24) is 10.3 Å². The summed E-state index contributed by atoms with van der Waals surface area (Å²) < 4.78 is 5.68. The quantitative estimate of drug-likeness (QED) is 0.224. The fourth-order valence-electron chi connectivity index (χ4n) is 2.71. The smallest absolute Gasteiger partial charge is 0.292 e. The van der Waals surface area contributed by atoms with Gasteiger partial charge in [-0.25, -0.2) is 0 Å². The van der Waals surface area contributed by atoms with E-state index in [1.165, 1.54) is 12.1 Å². The minimum absolute atomic E-state index is 0.00109. The van der Waals surface area contributed by atoms with E-state index in [0.29, 0.717) is 31.1 Å². The summed E-state index contributed by atoms with van der Waals surface area (Å²) >= 11 is 0. The van der Waals surface area contributed by atoms with Gasteiger partial charge in [0, 0.05) is 31.4 Å². The molecule has 0 spiro atoms. The van der Waals surface area contributed by atoms with E-state index >= 15 is 0 Å². The Balaban J connectivity index is 1.40. The van der Waals surface area contributed by atoms with Crippen molar-refractivity contribution in [3.63, 3.8) is 0 Å². The van der Waals surface area contributed by atoms with Crippen LogP contribution in [0.4, 0.5) is 11.4 Å². The zero-order chi connectivity index (χ0) is 21.9. The highest BCUT2D eigenvalue weighted by Crippen LogP contribution is 2.22. The van der Waals surface area contributed by atoms with E-state index in [-0.39, 0.29) is 11.6 Å². The lowest BCUT2D eigenvalue weighted by atomic mass is 10.2. The number of amides is 1. The molecule has 3 rings (SSSR count). The maximum Gasteiger partial charge on any atom is 0.292 e. The zero-order valence-corrected chi connectivity index (χ0v) is 16.7. The molecule has 1 heterocycles. The predicted octanol–water partition coefficient (Wildman–Crippen LogP) is 3.81. The number of nitro benzene ring substituents is 1. The Kier molecular flexibility index (Phi) is 7.70. The van der Waals surface area contributed by atoms with Crippen LogP contribution >= 0.6 is 0 Å². The van der Waals surface area contributed by atoms with E-state index in [9.17, 15) is 14.9 Å². The molecule has 0 fully saturated rings. The van der Waals surface area contributed by atoms with E-state index in [4.69, 9.17) is 4.74 Å². The predicted molar refractivity (Wildman–Crippen MR) is 119 cm³/mol. The van der Waals surface area contributed by atoms with E-state index in [0.717, 1.165) is 11.3 Å².